The fourth-order valence-electron chi connectivity index (χ4n) is 2.72. The number of guanidine groups is 1. The maximum absolute atomic E-state index is 4.33. The van der Waals surface area contributed by atoms with Crippen molar-refractivity contribution in [3.63, 3.8) is 0 Å². The second kappa shape index (κ2) is 9.97. The van der Waals surface area contributed by atoms with Crippen molar-refractivity contribution in [1.29, 1.82) is 0 Å². The highest BCUT2D eigenvalue weighted by molar-refractivity contribution is 14.0. The van der Waals surface area contributed by atoms with E-state index in [0.29, 0.717) is 0 Å². The van der Waals surface area contributed by atoms with Crippen LogP contribution < -0.4 is 16.0 Å². The van der Waals surface area contributed by atoms with Gasteiger partial charge in [0.2, 0.25) is 0 Å². The van der Waals surface area contributed by atoms with Gasteiger partial charge in [0.25, 0.3) is 0 Å². The molecule has 0 bridgehead atoms. The lowest BCUT2D eigenvalue weighted by atomic mass is 10.00. The molecule has 0 aromatic heterocycles. The molecule has 1 atom stereocenters. The van der Waals surface area contributed by atoms with Crippen molar-refractivity contribution < 1.29 is 0 Å². The summed E-state index contributed by atoms with van der Waals surface area (Å²) in [6, 6.07) is 15.1. The Labute approximate surface area is 168 Å². The quantitative estimate of drug-likeness (QED) is 0.276. The number of hydrogen-bond acceptors (Lipinski definition) is 2. The predicted octanol–water partition coefficient (Wildman–Crippen LogP) is 4.07. The molecule has 138 valence electrons. The van der Waals surface area contributed by atoms with Gasteiger partial charge in [-0.2, -0.15) is 0 Å². The molecule has 0 aliphatic carbocycles. The number of halogens is 1. The van der Waals surface area contributed by atoms with Gasteiger partial charge in [-0.1, -0.05) is 42.5 Å². The molecule has 0 aliphatic heterocycles. The second-order valence-corrected chi connectivity index (χ2v) is 7.11. The van der Waals surface area contributed by atoms with Gasteiger partial charge in [-0.25, -0.2) is 0 Å². The van der Waals surface area contributed by atoms with Crippen LogP contribution in [0.4, 0.5) is 0 Å². The van der Waals surface area contributed by atoms with Crippen molar-refractivity contribution in [3.05, 3.63) is 48.0 Å². The normalized spacial score (nSPS) is 13.2. The summed E-state index contributed by atoms with van der Waals surface area (Å²) < 4.78 is 0. The van der Waals surface area contributed by atoms with E-state index >= 15 is 0 Å². The fraction of sp³-hybridized carbons (Fsp3) is 0.450. The minimum atomic E-state index is 0. The van der Waals surface area contributed by atoms with Crippen molar-refractivity contribution >= 4 is 40.7 Å². The molecule has 3 N–H and O–H groups in total. The van der Waals surface area contributed by atoms with Crippen LogP contribution in [0, 0.1) is 0 Å². The summed E-state index contributed by atoms with van der Waals surface area (Å²) in [5, 5.41) is 12.9. The van der Waals surface area contributed by atoms with Gasteiger partial charge in [0, 0.05) is 25.7 Å². The third-order valence-corrected chi connectivity index (χ3v) is 3.94. The first-order valence-electron chi connectivity index (χ1n) is 8.60. The molecule has 0 spiro atoms. The van der Waals surface area contributed by atoms with Gasteiger partial charge >= 0.3 is 0 Å². The molecule has 0 saturated heterocycles. The first kappa shape index (κ1) is 21.7. The minimum Gasteiger partial charge on any atom is -0.355 e. The lowest BCUT2D eigenvalue weighted by Crippen LogP contribution is -2.45. The Morgan fingerprint density at radius 3 is 2.40 bits per heavy atom. The summed E-state index contributed by atoms with van der Waals surface area (Å²) in [6.45, 7) is 10.4. The van der Waals surface area contributed by atoms with Crippen molar-refractivity contribution in [2.75, 3.05) is 20.1 Å². The summed E-state index contributed by atoms with van der Waals surface area (Å²) in [6.07, 6.45) is 0. The Bertz CT molecular complexity index is 686. The predicted molar refractivity (Wildman–Crippen MR) is 120 cm³/mol. The summed E-state index contributed by atoms with van der Waals surface area (Å²) >= 11 is 0. The van der Waals surface area contributed by atoms with E-state index in [0.717, 1.165) is 19.0 Å². The van der Waals surface area contributed by atoms with E-state index in [1.165, 1.54) is 16.3 Å². The smallest absolute Gasteiger partial charge is 0.191 e. The van der Waals surface area contributed by atoms with Gasteiger partial charge in [0.1, 0.15) is 0 Å². The van der Waals surface area contributed by atoms with Crippen LogP contribution in [-0.4, -0.2) is 31.6 Å². The summed E-state index contributed by atoms with van der Waals surface area (Å²) in [5.74, 6) is 0.825. The van der Waals surface area contributed by atoms with Crippen molar-refractivity contribution in [1.82, 2.24) is 16.0 Å². The average molecular weight is 454 g/mol. The van der Waals surface area contributed by atoms with E-state index < -0.39 is 0 Å². The molecule has 2 aromatic carbocycles. The molecule has 0 aliphatic rings. The maximum atomic E-state index is 4.33. The van der Waals surface area contributed by atoms with Gasteiger partial charge in [0.15, 0.2) is 5.96 Å². The summed E-state index contributed by atoms with van der Waals surface area (Å²) in [7, 11) is 1.81. The highest BCUT2D eigenvalue weighted by atomic mass is 127. The van der Waals surface area contributed by atoms with Crippen LogP contribution >= 0.6 is 24.0 Å². The third kappa shape index (κ3) is 6.82. The van der Waals surface area contributed by atoms with Crippen LogP contribution in [0.1, 0.15) is 39.3 Å². The van der Waals surface area contributed by atoms with Crippen molar-refractivity contribution in [2.45, 2.75) is 39.3 Å². The zero-order valence-corrected chi connectivity index (χ0v) is 18.2. The van der Waals surface area contributed by atoms with Crippen LogP contribution in [0.2, 0.25) is 0 Å². The molecule has 4 nitrogen and oxygen atoms in total. The van der Waals surface area contributed by atoms with E-state index in [1.807, 2.05) is 7.05 Å². The highest BCUT2D eigenvalue weighted by Crippen LogP contribution is 2.23. The lowest BCUT2D eigenvalue weighted by Gasteiger charge is -2.22. The second-order valence-electron chi connectivity index (χ2n) is 7.11. The number of benzene rings is 2. The Kier molecular flexibility index (Phi) is 8.65. The van der Waals surface area contributed by atoms with E-state index in [1.54, 1.807) is 0 Å². The SMILES string of the molecule is CN=C(NCCNC(C)(C)C)NC(C)c1cccc2ccccc12.I. The topological polar surface area (TPSA) is 48.5 Å². The maximum Gasteiger partial charge on any atom is 0.191 e. The van der Waals surface area contributed by atoms with Crippen LogP contribution in [0.3, 0.4) is 0 Å². The van der Waals surface area contributed by atoms with Gasteiger partial charge in [-0.3, -0.25) is 4.99 Å². The zero-order valence-electron chi connectivity index (χ0n) is 15.9. The summed E-state index contributed by atoms with van der Waals surface area (Å²) in [4.78, 5) is 4.33. The fourth-order valence-corrected chi connectivity index (χ4v) is 2.72. The Hall–Kier alpha value is -1.34. The molecule has 25 heavy (non-hydrogen) atoms. The Morgan fingerprint density at radius 2 is 1.72 bits per heavy atom. The molecular weight excluding hydrogens is 423 g/mol. The molecule has 5 heteroatoms. The Morgan fingerprint density at radius 1 is 1.04 bits per heavy atom. The average Bonchev–Trinajstić information content (AvgIpc) is 2.56. The molecule has 0 radical (unpaired) electrons. The van der Waals surface area contributed by atoms with Gasteiger partial charge < -0.3 is 16.0 Å². The molecule has 2 rings (SSSR count). The number of hydrogen-bond donors (Lipinski definition) is 3. The molecule has 2 aromatic rings. The number of nitrogens with one attached hydrogen (secondary N) is 3. The summed E-state index contributed by atoms with van der Waals surface area (Å²) in [5.41, 5.74) is 1.42. The largest absolute Gasteiger partial charge is 0.355 e. The highest BCUT2D eigenvalue weighted by Gasteiger charge is 2.11. The van der Waals surface area contributed by atoms with Crippen molar-refractivity contribution in [3.8, 4) is 0 Å². The van der Waals surface area contributed by atoms with Crippen LogP contribution in [-0.2, 0) is 0 Å². The number of fused-ring (bicyclic) bond motifs is 1. The molecular formula is C20H31IN4. The van der Waals surface area contributed by atoms with Gasteiger partial charge in [0.05, 0.1) is 6.04 Å². The van der Waals surface area contributed by atoms with Crippen molar-refractivity contribution in [2.24, 2.45) is 4.99 Å². The number of rotatable bonds is 5. The molecule has 0 saturated carbocycles. The third-order valence-electron chi connectivity index (χ3n) is 3.94. The molecule has 0 amide bonds. The van der Waals surface area contributed by atoms with Crippen LogP contribution in [0.25, 0.3) is 10.8 Å². The van der Waals surface area contributed by atoms with Gasteiger partial charge in [-0.05, 0) is 44.0 Å². The van der Waals surface area contributed by atoms with E-state index in [4.69, 9.17) is 0 Å². The lowest BCUT2D eigenvalue weighted by molar-refractivity contribution is 0.428. The van der Waals surface area contributed by atoms with Crippen LogP contribution in [0.15, 0.2) is 47.5 Å². The molecule has 1 unspecified atom stereocenters. The molecule has 0 heterocycles. The first-order valence-corrected chi connectivity index (χ1v) is 8.60. The van der Waals surface area contributed by atoms with E-state index in [-0.39, 0.29) is 35.6 Å². The Balaban J connectivity index is 0.00000312. The standard InChI is InChI=1S/C20H30N4.HI/c1-15(17-12-8-10-16-9-6-7-11-18(16)17)24-19(21-5)22-13-14-23-20(2,3)4;/h6-12,15,23H,13-14H2,1-5H3,(H2,21,22,24);1H. The minimum absolute atomic E-state index is 0. The van der Waals surface area contributed by atoms with Gasteiger partial charge in [-0.15, -0.1) is 24.0 Å². The van der Waals surface area contributed by atoms with E-state index in [2.05, 4.69) is 91.1 Å². The van der Waals surface area contributed by atoms with Crippen LogP contribution in [0.5, 0.6) is 0 Å². The van der Waals surface area contributed by atoms with E-state index in [9.17, 15) is 0 Å². The number of nitrogens with zero attached hydrogens (tertiary/aromatic N) is 1. The number of aliphatic imine (C=N–C) groups is 1. The monoisotopic (exact) mass is 454 g/mol. The molecule has 0 fully saturated rings. The first-order chi connectivity index (χ1) is 11.4. The zero-order chi connectivity index (χ0) is 17.6.